The third kappa shape index (κ3) is 5.50. The summed E-state index contributed by atoms with van der Waals surface area (Å²) in [4.78, 5) is 14.3. The lowest BCUT2D eigenvalue weighted by atomic mass is 9.77. The Hall–Kier alpha value is -3.06. The maximum Gasteiger partial charge on any atom is 0.488 e. The third-order valence-electron chi connectivity index (χ3n) is 10.2. The van der Waals surface area contributed by atoms with Crippen molar-refractivity contribution in [3.8, 4) is 17.1 Å². The smallest absolute Gasteiger partial charge is 0.463 e. The highest BCUT2D eigenvalue weighted by atomic mass is 35.5. The molecule has 4 aromatic rings. The van der Waals surface area contributed by atoms with Crippen LogP contribution in [0.2, 0.25) is 5.02 Å². The molecule has 0 saturated carbocycles. The molecule has 9 nitrogen and oxygen atoms in total. The number of piperazine rings is 1. The number of hydrogen-bond acceptors (Lipinski definition) is 9. The first-order valence-corrected chi connectivity index (χ1v) is 16.8. The van der Waals surface area contributed by atoms with E-state index in [-0.39, 0.29) is 33.5 Å². The van der Waals surface area contributed by atoms with Gasteiger partial charge < -0.3 is 29.7 Å². The number of fused-ring (bicyclic) bond motifs is 6. The minimum absolute atomic E-state index is 0.128. The SMILES string of the molecule is CC(COc1nc(N2CC3CCC(C2)N3)c2cc(Cl)c(-c3cc(B(O)O)cc4ccccc34)c(F)c2n1)CN1C2CCC1COC2. The van der Waals surface area contributed by atoms with Crippen LogP contribution in [0.5, 0.6) is 6.01 Å². The van der Waals surface area contributed by atoms with E-state index in [1.54, 1.807) is 18.2 Å². The topological polar surface area (TPSA) is 103 Å². The highest BCUT2D eigenvalue weighted by Gasteiger charge is 2.38. The molecule has 0 spiro atoms. The van der Waals surface area contributed by atoms with Crippen molar-refractivity contribution in [1.29, 1.82) is 0 Å². The van der Waals surface area contributed by atoms with Crippen LogP contribution < -0.4 is 20.4 Å². The van der Waals surface area contributed by atoms with Crippen LogP contribution in [0.3, 0.4) is 0 Å². The van der Waals surface area contributed by atoms with Gasteiger partial charge in [-0.2, -0.15) is 9.97 Å². The lowest BCUT2D eigenvalue weighted by Gasteiger charge is -2.36. The largest absolute Gasteiger partial charge is 0.488 e. The van der Waals surface area contributed by atoms with E-state index in [0.717, 1.165) is 56.5 Å². The minimum Gasteiger partial charge on any atom is -0.463 e. The van der Waals surface area contributed by atoms with E-state index >= 15 is 4.39 Å². The number of aromatic nitrogens is 2. The molecule has 3 aromatic carbocycles. The molecule has 5 atom stereocenters. The van der Waals surface area contributed by atoms with Gasteiger partial charge in [0.1, 0.15) is 11.3 Å². The van der Waals surface area contributed by atoms with Gasteiger partial charge in [-0.1, -0.05) is 54.9 Å². The molecule has 0 amide bonds. The number of morpholine rings is 1. The zero-order chi connectivity index (χ0) is 31.5. The fraction of sp³-hybridized carbons (Fsp3) is 0.471. The second-order valence-electron chi connectivity index (χ2n) is 13.5. The fourth-order valence-corrected chi connectivity index (χ4v) is 8.31. The van der Waals surface area contributed by atoms with E-state index in [1.807, 2.05) is 24.3 Å². The van der Waals surface area contributed by atoms with Crippen molar-refractivity contribution in [1.82, 2.24) is 20.2 Å². The van der Waals surface area contributed by atoms with Gasteiger partial charge in [-0.25, -0.2) is 4.39 Å². The number of halogens is 2. The maximum absolute atomic E-state index is 17.0. The lowest BCUT2D eigenvalue weighted by Crippen LogP contribution is -2.51. The second kappa shape index (κ2) is 12.2. The van der Waals surface area contributed by atoms with Gasteiger partial charge in [0.05, 0.1) is 24.8 Å². The lowest BCUT2D eigenvalue weighted by molar-refractivity contribution is -0.0229. The molecule has 8 rings (SSSR count). The Bertz CT molecular complexity index is 1770. The monoisotopic (exact) mass is 645 g/mol. The molecule has 0 radical (unpaired) electrons. The predicted molar refractivity (Wildman–Crippen MR) is 178 cm³/mol. The number of nitrogens with zero attached hydrogens (tertiary/aromatic N) is 4. The van der Waals surface area contributed by atoms with E-state index in [4.69, 9.17) is 26.1 Å². The van der Waals surface area contributed by atoms with Gasteiger partial charge in [-0.05, 0) is 53.5 Å². The van der Waals surface area contributed by atoms with Crippen LogP contribution in [0, 0.1) is 11.7 Å². The molecule has 1 aromatic heterocycles. The summed E-state index contributed by atoms with van der Waals surface area (Å²) < 4.78 is 29.0. The quantitative estimate of drug-likeness (QED) is 0.247. The van der Waals surface area contributed by atoms with Crippen LogP contribution in [-0.2, 0) is 4.74 Å². The van der Waals surface area contributed by atoms with Gasteiger partial charge in [-0.3, -0.25) is 4.90 Å². The summed E-state index contributed by atoms with van der Waals surface area (Å²) in [5.41, 5.74) is 0.987. The maximum atomic E-state index is 17.0. The van der Waals surface area contributed by atoms with Crippen molar-refractivity contribution < 1.29 is 23.9 Å². The molecule has 0 aliphatic carbocycles. The van der Waals surface area contributed by atoms with Crippen molar-refractivity contribution in [2.24, 2.45) is 5.92 Å². The number of hydrogen-bond donors (Lipinski definition) is 3. The van der Waals surface area contributed by atoms with Crippen LogP contribution >= 0.6 is 11.6 Å². The van der Waals surface area contributed by atoms with E-state index in [0.29, 0.717) is 47.5 Å². The summed E-state index contributed by atoms with van der Waals surface area (Å²) in [6.07, 6.45) is 4.52. The molecule has 46 heavy (non-hydrogen) atoms. The predicted octanol–water partition coefficient (Wildman–Crippen LogP) is 3.74. The first kappa shape index (κ1) is 30.3. The van der Waals surface area contributed by atoms with Crippen molar-refractivity contribution in [2.45, 2.75) is 56.8 Å². The molecule has 240 valence electrons. The molecular weight excluding hydrogens is 608 g/mol. The van der Waals surface area contributed by atoms with Crippen molar-refractivity contribution in [2.75, 3.05) is 44.4 Å². The Labute approximate surface area is 272 Å². The zero-order valence-electron chi connectivity index (χ0n) is 25.8. The summed E-state index contributed by atoms with van der Waals surface area (Å²) in [6.45, 7) is 6.53. The summed E-state index contributed by atoms with van der Waals surface area (Å²) in [7, 11) is -1.72. The first-order chi connectivity index (χ1) is 22.3. The average Bonchev–Trinajstić information content (AvgIpc) is 3.48. The highest BCUT2D eigenvalue weighted by Crippen LogP contribution is 2.41. The highest BCUT2D eigenvalue weighted by molar-refractivity contribution is 6.59. The molecule has 4 bridgehead atoms. The van der Waals surface area contributed by atoms with Gasteiger partial charge >= 0.3 is 13.1 Å². The van der Waals surface area contributed by atoms with E-state index in [9.17, 15) is 10.0 Å². The molecule has 4 aliphatic heterocycles. The van der Waals surface area contributed by atoms with Gasteiger partial charge in [0.25, 0.3) is 0 Å². The molecule has 4 aliphatic rings. The normalized spacial score (nSPS) is 25.0. The summed E-state index contributed by atoms with van der Waals surface area (Å²) in [6, 6.07) is 14.2. The Balaban J connectivity index is 1.19. The van der Waals surface area contributed by atoms with Crippen LogP contribution in [0.4, 0.5) is 10.2 Å². The molecule has 5 unspecified atom stereocenters. The van der Waals surface area contributed by atoms with Crippen LogP contribution in [0.25, 0.3) is 32.8 Å². The fourth-order valence-electron chi connectivity index (χ4n) is 8.01. The zero-order valence-corrected chi connectivity index (χ0v) is 26.6. The summed E-state index contributed by atoms with van der Waals surface area (Å²) >= 11 is 6.92. The van der Waals surface area contributed by atoms with Crippen molar-refractivity contribution in [3.05, 3.63) is 53.3 Å². The van der Waals surface area contributed by atoms with Crippen LogP contribution in [0.15, 0.2) is 42.5 Å². The minimum atomic E-state index is -1.72. The second-order valence-corrected chi connectivity index (χ2v) is 13.9. The standard InChI is InChI=1S/C34H38BClFN5O4/c1-19(13-42-24-8-9-25(42)18-45-17-24)16-46-34-39-32-28(33(40-34)41-14-22-6-7-23(15-41)38-22)12-29(36)30(31(32)37)27-11-21(35(43)44)10-20-4-2-3-5-26(20)27/h2-5,10-12,19,22-25,38,43-44H,6-9,13-18H2,1H3. The molecule has 3 N–H and O–H groups in total. The number of nitrogens with one attached hydrogen (secondary N) is 1. The molecule has 12 heteroatoms. The number of anilines is 1. The van der Waals surface area contributed by atoms with Crippen LogP contribution in [0.1, 0.15) is 32.6 Å². The summed E-state index contributed by atoms with van der Waals surface area (Å²) in [5.74, 6) is 0.236. The Morgan fingerprint density at radius 2 is 1.78 bits per heavy atom. The first-order valence-electron chi connectivity index (χ1n) is 16.4. The van der Waals surface area contributed by atoms with Gasteiger partial charge in [0.2, 0.25) is 0 Å². The Morgan fingerprint density at radius 3 is 2.52 bits per heavy atom. The van der Waals surface area contributed by atoms with Gasteiger partial charge in [0.15, 0.2) is 5.82 Å². The van der Waals surface area contributed by atoms with E-state index < -0.39 is 12.9 Å². The average molecular weight is 646 g/mol. The van der Waals surface area contributed by atoms with E-state index in [2.05, 4.69) is 27.0 Å². The molecule has 5 heterocycles. The Kier molecular flexibility index (Phi) is 8.03. The van der Waals surface area contributed by atoms with Gasteiger partial charge in [-0.15, -0.1) is 0 Å². The summed E-state index contributed by atoms with van der Waals surface area (Å²) in [5, 5.41) is 25.9. The number of benzene rings is 3. The molecular formula is C34H38BClFN5O4. The van der Waals surface area contributed by atoms with Crippen molar-refractivity contribution in [3.63, 3.8) is 0 Å². The molecule has 4 fully saturated rings. The van der Waals surface area contributed by atoms with Crippen LogP contribution in [-0.4, -0.2) is 95.7 Å². The number of ether oxygens (including phenoxy) is 2. The van der Waals surface area contributed by atoms with Gasteiger partial charge in [0, 0.05) is 60.7 Å². The Morgan fingerprint density at radius 1 is 1.04 bits per heavy atom. The van der Waals surface area contributed by atoms with E-state index in [1.165, 1.54) is 12.8 Å². The van der Waals surface area contributed by atoms with Crippen molar-refractivity contribution >= 4 is 51.7 Å². The third-order valence-corrected chi connectivity index (χ3v) is 10.5. The molecule has 4 saturated heterocycles. The number of rotatable bonds is 8.